The van der Waals surface area contributed by atoms with Crippen molar-refractivity contribution in [3.63, 3.8) is 0 Å². The quantitative estimate of drug-likeness (QED) is 0.673. The number of imidazole rings is 1. The molecule has 0 amide bonds. The Morgan fingerprint density at radius 2 is 1.97 bits per heavy atom. The maximum Gasteiger partial charge on any atom is 0.121 e. The molecule has 1 aliphatic carbocycles. The Hall–Kier alpha value is -2.90. The van der Waals surface area contributed by atoms with E-state index in [2.05, 4.69) is 32.2 Å². The van der Waals surface area contributed by atoms with Gasteiger partial charge in [0, 0.05) is 36.6 Å². The first-order chi connectivity index (χ1) is 14.3. The van der Waals surface area contributed by atoms with E-state index >= 15 is 0 Å². The lowest BCUT2D eigenvalue weighted by molar-refractivity contribution is 0.0332. The van der Waals surface area contributed by atoms with Crippen LogP contribution in [0.5, 0.6) is 0 Å². The summed E-state index contributed by atoms with van der Waals surface area (Å²) in [6.45, 7) is 4.13. The van der Waals surface area contributed by atoms with Crippen LogP contribution in [0.25, 0.3) is 22.5 Å². The molecule has 1 N–H and O–H groups in total. The predicted molar refractivity (Wildman–Crippen MR) is 110 cm³/mol. The molecular formula is C22H23N5O2. The van der Waals surface area contributed by atoms with E-state index in [4.69, 9.17) is 9.72 Å². The topological polar surface area (TPSA) is 83.5 Å². The van der Waals surface area contributed by atoms with Crippen LogP contribution in [0, 0.1) is 4.91 Å². The molecule has 0 bridgehead atoms. The van der Waals surface area contributed by atoms with Crippen molar-refractivity contribution in [1.29, 1.82) is 0 Å². The number of nitrogens with one attached hydrogen (secondary N) is 1. The van der Waals surface area contributed by atoms with Crippen molar-refractivity contribution in [1.82, 2.24) is 19.9 Å². The lowest BCUT2D eigenvalue weighted by Gasteiger charge is -2.25. The Balaban J connectivity index is 1.53. The van der Waals surface area contributed by atoms with Gasteiger partial charge in [-0.3, -0.25) is 9.88 Å². The van der Waals surface area contributed by atoms with Gasteiger partial charge in [0.05, 0.1) is 31.1 Å². The van der Waals surface area contributed by atoms with Gasteiger partial charge in [-0.2, -0.15) is 4.91 Å². The van der Waals surface area contributed by atoms with Crippen LogP contribution in [0.4, 0.5) is 0 Å². The second-order valence-electron chi connectivity index (χ2n) is 7.60. The van der Waals surface area contributed by atoms with Gasteiger partial charge in [-0.25, -0.2) is 4.98 Å². The molecule has 7 nitrogen and oxygen atoms in total. The number of rotatable bonds is 5. The first-order valence-corrected chi connectivity index (χ1v) is 10.1. The molecule has 3 heterocycles. The second kappa shape index (κ2) is 7.85. The second-order valence-corrected chi connectivity index (χ2v) is 7.60. The summed E-state index contributed by atoms with van der Waals surface area (Å²) in [5.74, 6) is 0.946. The van der Waals surface area contributed by atoms with Gasteiger partial charge in [0.25, 0.3) is 0 Å². The minimum atomic E-state index is -0.213. The summed E-state index contributed by atoms with van der Waals surface area (Å²) in [5.41, 5.74) is 6.31. The van der Waals surface area contributed by atoms with Gasteiger partial charge in [-0.05, 0) is 42.2 Å². The van der Waals surface area contributed by atoms with Gasteiger partial charge in [0.2, 0.25) is 0 Å². The summed E-state index contributed by atoms with van der Waals surface area (Å²) >= 11 is 0. The molecule has 1 unspecified atom stereocenters. The number of H-pyrrole nitrogens is 1. The third-order valence-corrected chi connectivity index (χ3v) is 5.79. The molecule has 7 heteroatoms. The van der Waals surface area contributed by atoms with Crippen LogP contribution >= 0.6 is 0 Å². The van der Waals surface area contributed by atoms with Crippen LogP contribution in [0.3, 0.4) is 0 Å². The molecule has 2 aromatic heterocycles. The maximum atomic E-state index is 11.1. The minimum absolute atomic E-state index is 0.213. The molecule has 1 atom stereocenters. The molecule has 29 heavy (non-hydrogen) atoms. The number of pyridine rings is 1. The third-order valence-electron chi connectivity index (χ3n) is 5.79. The Morgan fingerprint density at radius 3 is 2.76 bits per heavy atom. The molecule has 1 fully saturated rings. The molecule has 2 aliphatic rings. The van der Waals surface area contributed by atoms with Crippen LogP contribution in [-0.4, -0.2) is 46.2 Å². The number of morpholine rings is 1. The van der Waals surface area contributed by atoms with Crippen LogP contribution in [0.2, 0.25) is 0 Å². The van der Waals surface area contributed by atoms with Crippen molar-refractivity contribution < 1.29 is 4.74 Å². The average molecular weight is 389 g/mol. The number of aromatic amines is 1. The summed E-state index contributed by atoms with van der Waals surface area (Å²) in [5, 5.41) is 3.27. The molecule has 1 saturated heterocycles. The molecule has 148 valence electrons. The van der Waals surface area contributed by atoms with Gasteiger partial charge >= 0.3 is 0 Å². The zero-order valence-electron chi connectivity index (χ0n) is 16.2. The minimum Gasteiger partial charge on any atom is -0.379 e. The zero-order chi connectivity index (χ0) is 19.6. The highest BCUT2D eigenvalue weighted by Gasteiger charge is 2.25. The zero-order valence-corrected chi connectivity index (χ0v) is 16.2. The van der Waals surface area contributed by atoms with Crippen molar-refractivity contribution in [2.75, 3.05) is 26.3 Å². The van der Waals surface area contributed by atoms with E-state index in [1.165, 1.54) is 5.56 Å². The first kappa shape index (κ1) is 18.1. The summed E-state index contributed by atoms with van der Waals surface area (Å²) in [7, 11) is 0. The Morgan fingerprint density at radius 1 is 1.14 bits per heavy atom. The van der Waals surface area contributed by atoms with Crippen LogP contribution in [0.15, 0.2) is 47.9 Å². The summed E-state index contributed by atoms with van der Waals surface area (Å²) < 4.78 is 5.46. The number of aromatic nitrogens is 3. The molecule has 0 saturated carbocycles. The lowest BCUT2D eigenvalue weighted by atomic mass is 10.0. The Bertz CT molecular complexity index is 1010. The maximum absolute atomic E-state index is 11.1. The Kier molecular flexibility index (Phi) is 4.91. The molecule has 1 aliphatic heterocycles. The fraction of sp³-hybridized carbons (Fsp3) is 0.364. The van der Waals surface area contributed by atoms with Crippen LogP contribution < -0.4 is 0 Å². The smallest absolute Gasteiger partial charge is 0.121 e. The van der Waals surface area contributed by atoms with E-state index in [1.807, 2.05) is 18.2 Å². The van der Waals surface area contributed by atoms with Crippen LogP contribution in [-0.2, 0) is 17.7 Å². The highest BCUT2D eigenvalue weighted by molar-refractivity contribution is 5.79. The molecule has 0 radical (unpaired) electrons. The van der Waals surface area contributed by atoms with Crippen molar-refractivity contribution in [3.8, 4) is 22.5 Å². The van der Waals surface area contributed by atoms with Crippen molar-refractivity contribution >= 4 is 0 Å². The van der Waals surface area contributed by atoms with E-state index in [1.54, 1.807) is 12.4 Å². The van der Waals surface area contributed by atoms with Gasteiger partial charge in [0.1, 0.15) is 11.9 Å². The highest BCUT2D eigenvalue weighted by Crippen LogP contribution is 2.38. The third kappa shape index (κ3) is 3.59. The standard InChI is InChI=1S/C22H23N5O2/c28-26-19-4-2-16-13-17(1-3-18(16)19)22-21(15-5-7-23-8-6-15)24-20(25-22)14-27-9-11-29-12-10-27/h1,3,5-8,13,19H,2,4,9-12,14H2,(H,24,25). The number of fused-ring (bicyclic) bond motifs is 1. The van der Waals surface area contributed by atoms with Crippen molar-refractivity contribution in [2.24, 2.45) is 5.18 Å². The molecular weight excluding hydrogens is 366 g/mol. The molecule has 3 aromatic rings. The van der Waals surface area contributed by atoms with E-state index in [0.29, 0.717) is 0 Å². The monoisotopic (exact) mass is 389 g/mol. The van der Waals surface area contributed by atoms with Crippen molar-refractivity contribution in [2.45, 2.75) is 25.4 Å². The van der Waals surface area contributed by atoms with Gasteiger partial charge < -0.3 is 9.72 Å². The number of hydrogen-bond donors (Lipinski definition) is 1. The fourth-order valence-electron chi connectivity index (χ4n) is 4.26. The van der Waals surface area contributed by atoms with E-state index in [0.717, 1.165) is 79.6 Å². The van der Waals surface area contributed by atoms with E-state index in [-0.39, 0.29) is 6.04 Å². The van der Waals surface area contributed by atoms with Crippen molar-refractivity contribution in [3.05, 3.63) is 64.6 Å². The SMILES string of the molecule is O=NC1CCc2cc(-c3nc(CN4CCOCC4)[nH]c3-c3ccncc3)ccc21. The first-order valence-electron chi connectivity index (χ1n) is 10.1. The van der Waals surface area contributed by atoms with Gasteiger partial charge in [-0.15, -0.1) is 0 Å². The van der Waals surface area contributed by atoms with E-state index < -0.39 is 0 Å². The number of aryl methyl sites for hydroxylation is 1. The Labute approximate surface area is 169 Å². The predicted octanol–water partition coefficient (Wildman–Crippen LogP) is 3.72. The van der Waals surface area contributed by atoms with Gasteiger partial charge in [-0.1, -0.05) is 17.3 Å². The summed E-state index contributed by atoms with van der Waals surface area (Å²) in [6.07, 6.45) is 5.27. The van der Waals surface area contributed by atoms with Gasteiger partial charge in [0.15, 0.2) is 0 Å². The normalized spacial score (nSPS) is 19.2. The van der Waals surface area contributed by atoms with E-state index in [9.17, 15) is 4.91 Å². The molecule has 5 rings (SSSR count). The fourth-order valence-corrected chi connectivity index (χ4v) is 4.26. The number of nitrogens with zero attached hydrogens (tertiary/aromatic N) is 4. The number of nitroso groups, excluding NO2 is 1. The largest absolute Gasteiger partial charge is 0.379 e. The number of hydrogen-bond acceptors (Lipinski definition) is 6. The number of ether oxygens (including phenoxy) is 1. The lowest BCUT2D eigenvalue weighted by Crippen LogP contribution is -2.35. The molecule has 1 aromatic carbocycles. The molecule has 0 spiro atoms. The summed E-state index contributed by atoms with van der Waals surface area (Å²) in [4.78, 5) is 26.1. The number of benzene rings is 1. The highest BCUT2D eigenvalue weighted by atomic mass is 16.5. The summed E-state index contributed by atoms with van der Waals surface area (Å²) in [6, 6.07) is 10.0. The average Bonchev–Trinajstić information content (AvgIpc) is 3.38. The van der Waals surface area contributed by atoms with Crippen LogP contribution in [0.1, 0.15) is 29.4 Å².